The number of rotatable bonds is 10. The zero-order valence-corrected chi connectivity index (χ0v) is 21.7. The molecule has 1 aliphatic heterocycles. The monoisotopic (exact) mass is 513 g/mol. The Morgan fingerprint density at radius 1 is 1.30 bits per heavy atom. The zero-order chi connectivity index (χ0) is 27.3. The van der Waals surface area contributed by atoms with Crippen LogP contribution in [0, 0.1) is 0 Å². The van der Waals surface area contributed by atoms with Crippen molar-refractivity contribution in [3.63, 3.8) is 0 Å². The lowest BCUT2D eigenvalue weighted by molar-refractivity contribution is -0.131. The number of hydrogen-bond donors (Lipinski definition) is 1. The van der Waals surface area contributed by atoms with Gasteiger partial charge in [-0.05, 0) is 74.6 Å². The van der Waals surface area contributed by atoms with Crippen LogP contribution in [0.5, 0.6) is 0 Å². The van der Waals surface area contributed by atoms with Crippen LogP contribution in [0.4, 0.5) is 13.2 Å². The van der Waals surface area contributed by atoms with Gasteiger partial charge in [0.2, 0.25) is 0 Å². The summed E-state index contributed by atoms with van der Waals surface area (Å²) in [6.45, 7) is 10.9. The van der Waals surface area contributed by atoms with Gasteiger partial charge in [0.1, 0.15) is 18.2 Å². The minimum absolute atomic E-state index is 0.0572. The van der Waals surface area contributed by atoms with Crippen LogP contribution >= 0.6 is 0 Å². The number of aromatic nitrogens is 2. The summed E-state index contributed by atoms with van der Waals surface area (Å²) in [4.78, 5) is 12.8. The van der Waals surface area contributed by atoms with Gasteiger partial charge in [0.05, 0.1) is 12.2 Å². The maximum absolute atomic E-state index is 15.6. The fourth-order valence-corrected chi connectivity index (χ4v) is 4.65. The second kappa shape index (κ2) is 11.8. The minimum Gasteiger partial charge on any atom is -0.478 e. The number of hydrogen-bond acceptors (Lipinski definition) is 3. The number of carbonyl (C=O) groups is 1. The first kappa shape index (κ1) is 28.2. The number of fused-ring (bicyclic) bond motifs is 1. The molecule has 198 valence electrons. The molecular weight excluding hydrogens is 479 g/mol. The van der Waals surface area contributed by atoms with Crippen molar-refractivity contribution in [2.24, 2.45) is 0 Å². The normalized spacial score (nSPS) is 19.3. The quantitative estimate of drug-likeness (QED) is 0.289. The molecule has 0 spiro atoms. The van der Waals surface area contributed by atoms with E-state index in [0.29, 0.717) is 6.42 Å². The number of carboxylic acid groups (broad SMARTS) is 1. The molecule has 0 bridgehead atoms. The van der Waals surface area contributed by atoms with Gasteiger partial charge in [0.15, 0.2) is 0 Å². The summed E-state index contributed by atoms with van der Waals surface area (Å²) in [5.41, 5.74) is 2.40. The van der Waals surface area contributed by atoms with Crippen LogP contribution in [-0.2, 0) is 17.8 Å². The minimum atomic E-state index is -1.54. The molecule has 2 atom stereocenters. The highest BCUT2D eigenvalue weighted by Crippen LogP contribution is 2.42. The molecule has 3 rings (SSSR count). The van der Waals surface area contributed by atoms with Gasteiger partial charge in [-0.15, -0.1) is 0 Å². The van der Waals surface area contributed by atoms with Crippen LogP contribution in [0.15, 0.2) is 78.4 Å². The summed E-state index contributed by atoms with van der Waals surface area (Å²) in [5.74, 6) is -1.96. The lowest BCUT2D eigenvalue weighted by atomic mass is 9.82. The Morgan fingerprint density at radius 3 is 2.62 bits per heavy atom. The van der Waals surface area contributed by atoms with Gasteiger partial charge in [-0.25, -0.2) is 18.0 Å². The van der Waals surface area contributed by atoms with E-state index in [1.165, 1.54) is 13.8 Å². The Balaban J connectivity index is 2.06. The smallest absolute Gasteiger partial charge is 0.328 e. The molecule has 0 saturated carbocycles. The van der Waals surface area contributed by atoms with E-state index in [-0.39, 0.29) is 23.7 Å². The van der Waals surface area contributed by atoms with E-state index >= 15 is 4.39 Å². The molecule has 5 nitrogen and oxygen atoms in total. The summed E-state index contributed by atoms with van der Waals surface area (Å²) in [7, 11) is 0. The van der Waals surface area contributed by atoms with Gasteiger partial charge in [0.25, 0.3) is 0 Å². The Morgan fingerprint density at radius 2 is 2.03 bits per heavy atom. The van der Waals surface area contributed by atoms with Gasteiger partial charge in [-0.2, -0.15) is 5.10 Å². The van der Waals surface area contributed by atoms with Crippen LogP contribution in [0.25, 0.3) is 11.1 Å². The molecule has 2 aromatic rings. The van der Waals surface area contributed by atoms with Crippen LogP contribution in [0.2, 0.25) is 0 Å². The SMILES string of the molecule is C=C(\C(F)=C/C(=C\CF)/C=C/C(=O)O)[C@H]1c2ccc(-c3cnn(CC)c3)cc2C[C@H](C)N1CC(C)(C)F. The van der Waals surface area contributed by atoms with Crippen LogP contribution in [0.3, 0.4) is 0 Å². The van der Waals surface area contributed by atoms with E-state index in [1.807, 2.05) is 41.8 Å². The van der Waals surface area contributed by atoms with E-state index in [1.54, 1.807) is 6.20 Å². The number of alkyl halides is 2. The fraction of sp³-hybridized carbons (Fsp3) is 0.379. The van der Waals surface area contributed by atoms with E-state index in [4.69, 9.17) is 5.11 Å². The van der Waals surface area contributed by atoms with Gasteiger partial charge >= 0.3 is 5.97 Å². The molecule has 2 heterocycles. The van der Waals surface area contributed by atoms with E-state index in [9.17, 15) is 13.6 Å². The van der Waals surface area contributed by atoms with Crippen molar-refractivity contribution in [2.45, 2.75) is 58.4 Å². The predicted molar refractivity (Wildman–Crippen MR) is 140 cm³/mol. The first-order chi connectivity index (χ1) is 17.4. The number of aliphatic carboxylic acids is 1. The van der Waals surface area contributed by atoms with E-state index in [0.717, 1.165) is 53.1 Å². The average Bonchev–Trinajstić information content (AvgIpc) is 3.31. The predicted octanol–water partition coefficient (Wildman–Crippen LogP) is 6.55. The van der Waals surface area contributed by atoms with Crippen molar-refractivity contribution >= 4 is 5.97 Å². The summed E-state index contributed by atoms with van der Waals surface area (Å²) in [5, 5.41) is 13.2. The first-order valence-electron chi connectivity index (χ1n) is 12.3. The summed E-state index contributed by atoms with van der Waals surface area (Å²) < 4.78 is 45.3. The first-order valence-corrected chi connectivity index (χ1v) is 12.3. The molecule has 37 heavy (non-hydrogen) atoms. The number of halogens is 3. The molecule has 0 aliphatic carbocycles. The Labute approximate surface area is 216 Å². The number of nitrogens with zero attached hydrogens (tertiary/aromatic N) is 3. The number of aryl methyl sites for hydroxylation is 1. The molecule has 0 amide bonds. The summed E-state index contributed by atoms with van der Waals surface area (Å²) in [6.07, 6.45) is 8.49. The fourth-order valence-electron chi connectivity index (χ4n) is 4.65. The highest BCUT2D eigenvalue weighted by atomic mass is 19.1. The van der Waals surface area contributed by atoms with Gasteiger partial charge in [-0.1, -0.05) is 24.8 Å². The molecule has 8 heteroatoms. The number of benzene rings is 1. The molecule has 0 fully saturated rings. The topological polar surface area (TPSA) is 58.4 Å². The molecular formula is C29H34F3N3O2. The molecule has 0 unspecified atom stereocenters. The van der Waals surface area contributed by atoms with E-state index in [2.05, 4.69) is 17.7 Å². The van der Waals surface area contributed by atoms with Crippen molar-refractivity contribution in [3.05, 3.63) is 89.6 Å². The van der Waals surface area contributed by atoms with Crippen molar-refractivity contribution < 1.29 is 23.1 Å². The molecule has 1 N–H and O–H groups in total. The second-order valence-corrected chi connectivity index (χ2v) is 9.89. The Bertz CT molecular complexity index is 1240. The van der Waals surface area contributed by atoms with Crippen molar-refractivity contribution in [1.29, 1.82) is 0 Å². The summed E-state index contributed by atoms with van der Waals surface area (Å²) in [6, 6.07) is 5.15. The number of carboxylic acids is 1. The van der Waals surface area contributed by atoms with Crippen LogP contribution in [0.1, 0.15) is 44.9 Å². The number of allylic oxidation sites excluding steroid dienone is 4. The Hall–Kier alpha value is -3.39. The molecule has 1 aromatic carbocycles. The maximum atomic E-state index is 15.6. The van der Waals surface area contributed by atoms with Gasteiger partial charge in [0, 0.05) is 42.5 Å². The zero-order valence-electron chi connectivity index (χ0n) is 21.7. The third-order valence-corrected chi connectivity index (χ3v) is 6.36. The molecule has 1 aliphatic rings. The Kier molecular flexibility index (Phi) is 8.97. The van der Waals surface area contributed by atoms with Crippen molar-refractivity contribution in [2.75, 3.05) is 13.2 Å². The lowest BCUT2D eigenvalue weighted by Gasteiger charge is -2.44. The second-order valence-electron chi connectivity index (χ2n) is 9.89. The lowest BCUT2D eigenvalue weighted by Crippen LogP contribution is -2.48. The standard InChI is InChI=1S/C29H34F3N3O2/c1-6-34-17-24(16-33-34)22-8-9-25-23(15-22)13-19(2)35(18-29(4,5)32)28(25)20(3)26(31)14-21(11-12-30)7-10-27(36)37/h7-11,14-17,19,28H,3,6,12-13,18H2,1-2,4-5H3,(H,36,37)/b10-7+,21-11-,26-14+/t19-,28-/m0/s1. The highest BCUT2D eigenvalue weighted by molar-refractivity contribution is 5.80. The molecule has 1 aromatic heterocycles. The molecule has 0 saturated heterocycles. The van der Waals surface area contributed by atoms with E-state index < -0.39 is 30.2 Å². The van der Waals surface area contributed by atoms with Crippen molar-refractivity contribution in [3.8, 4) is 11.1 Å². The molecule has 0 radical (unpaired) electrons. The largest absolute Gasteiger partial charge is 0.478 e. The van der Waals surface area contributed by atoms with Crippen LogP contribution in [-0.4, -0.2) is 50.7 Å². The summed E-state index contributed by atoms with van der Waals surface area (Å²) >= 11 is 0. The van der Waals surface area contributed by atoms with Crippen molar-refractivity contribution in [1.82, 2.24) is 14.7 Å². The van der Waals surface area contributed by atoms with Gasteiger partial charge < -0.3 is 5.11 Å². The third-order valence-electron chi connectivity index (χ3n) is 6.36. The van der Waals surface area contributed by atoms with Crippen LogP contribution < -0.4 is 0 Å². The third kappa shape index (κ3) is 7.10. The average molecular weight is 514 g/mol. The highest BCUT2D eigenvalue weighted by Gasteiger charge is 2.38. The van der Waals surface area contributed by atoms with Gasteiger partial charge in [-0.3, -0.25) is 9.58 Å². The maximum Gasteiger partial charge on any atom is 0.328 e.